The molecular formula is C25H21N5O5S2. The van der Waals surface area contributed by atoms with Crippen LogP contribution in [-0.2, 0) is 22.4 Å². The number of fused-ring (bicyclic) bond motifs is 1. The van der Waals surface area contributed by atoms with Gasteiger partial charge in [-0.25, -0.2) is 14.8 Å². The predicted molar refractivity (Wildman–Crippen MR) is 138 cm³/mol. The van der Waals surface area contributed by atoms with E-state index in [0.29, 0.717) is 27.0 Å². The van der Waals surface area contributed by atoms with Crippen molar-refractivity contribution in [1.82, 2.24) is 9.97 Å². The van der Waals surface area contributed by atoms with Crippen LogP contribution in [0.4, 0.5) is 10.7 Å². The van der Waals surface area contributed by atoms with Crippen molar-refractivity contribution in [3.05, 3.63) is 73.9 Å². The summed E-state index contributed by atoms with van der Waals surface area (Å²) in [5.74, 6) is -1.25. The van der Waals surface area contributed by atoms with Gasteiger partial charge in [-0.05, 0) is 73.7 Å². The van der Waals surface area contributed by atoms with E-state index in [9.17, 15) is 25.0 Å². The number of anilines is 1. The van der Waals surface area contributed by atoms with Gasteiger partial charge in [-0.2, -0.15) is 5.26 Å². The molecule has 0 radical (unpaired) electrons. The van der Waals surface area contributed by atoms with Crippen LogP contribution in [0.15, 0.2) is 52.3 Å². The largest absolute Gasteiger partial charge is 0.462 e. The Hall–Kier alpha value is -4.08. The molecule has 0 saturated heterocycles. The molecule has 1 aliphatic carbocycles. The number of carbonyl (C=O) groups is 2. The molecule has 0 spiro atoms. The second kappa shape index (κ2) is 11.8. The lowest BCUT2D eigenvalue weighted by Gasteiger charge is -2.12. The molecule has 0 bridgehead atoms. The minimum absolute atomic E-state index is 0.193. The minimum Gasteiger partial charge on any atom is -0.462 e. The minimum atomic E-state index is -0.731. The van der Waals surface area contributed by atoms with Crippen molar-refractivity contribution < 1.29 is 19.2 Å². The van der Waals surface area contributed by atoms with Gasteiger partial charge in [0.05, 0.1) is 17.1 Å². The van der Waals surface area contributed by atoms with Gasteiger partial charge in [0.2, 0.25) is 0 Å². The van der Waals surface area contributed by atoms with Crippen molar-refractivity contribution in [3.8, 4) is 6.07 Å². The van der Waals surface area contributed by atoms with E-state index in [0.717, 1.165) is 41.5 Å². The third-order valence-corrected chi connectivity index (χ3v) is 7.68. The van der Waals surface area contributed by atoms with Crippen molar-refractivity contribution in [3.63, 3.8) is 0 Å². The first-order valence-electron chi connectivity index (χ1n) is 11.4. The van der Waals surface area contributed by atoms with Gasteiger partial charge in [0, 0.05) is 34.3 Å². The number of aromatic nitrogens is 2. The first-order chi connectivity index (χ1) is 17.9. The van der Waals surface area contributed by atoms with Gasteiger partial charge < -0.3 is 10.1 Å². The van der Waals surface area contributed by atoms with Crippen LogP contribution in [0.1, 0.15) is 46.1 Å². The highest BCUT2D eigenvalue weighted by Gasteiger charge is 2.28. The number of nitrogens with one attached hydrogen (secondary N) is 1. The number of hydrogen-bond acceptors (Lipinski definition) is 10. The smallest absolute Gasteiger partial charge is 0.341 e. The molecule has 0 unspecified atom stereocenters. The fraction of sp³-hybridized carbons (Fsp3) is 0.240. The highest BCUT2D eigenvalue weighted by molar-refractivity contribution is 7.99. The Morgan fingerprint density at radius 3 is 2.76 bits per heavy atom. The molecule has 188 valence electrons. The van der Waals surface area contributed by atoms with E-state index in [-0.39, 0.29) is 23.4 Å². The standard InChI is InChI=1S/C25H21N5O5S2/c1-2-35-24(32)21-18-6-3-4-7-20(18)36-23(21)29-22(31)16(14-26)12-15-13-17(30(33)34)8-9-19(15)37-25-27-10-5-11-28-25/h5,8-13H,2-4,6-7H2,1H3,(H,29,31)/b16-12-. The normalized spacial score (nSPS) is 12.8. The summed E-state index contributed by atoms with van der Waals surface area (Å²) in [4.78, 5) is 46.5. The van der Waals surface area contributed by atoms with Crippen molar-refractivity contribution in [1.29, 1.82) is 5.26 Å². The van der Waals surface area contributed by atoms with Gasteiger partial charge >= 0.3 is 5.97 Å². The zero-order valence-corrected chi connectivity index (χ0v) is 21.4. The number of hydrogen-bond donors (Lipinski definition) is 1. The number of rotatable bonds is 8. The average molecular weight is 536 g/mol. The Morgan fingerprint density at radius 2 is 2.05 bits per heavy atom. The Labute approximate surface area is 220 Å². The summed E-state index contributed by atoms with van der Waals surface area (Å²) < 4.78 is 5.22. The molecule has 0 fully saturated rings. The van der Waals surface area contributed by atoms with Crippen LogP contribution in [0.25, 0.3) is 6.08 Å². The summed E-state index contributed by atoms with van der Waals surface area (Å²) in [6.07, 6.45) is 7.85. The molecule has 0 aliphatic heterocycles. The topological polar surface area (TPSA) is 148 Å². The van der Waals surface area contributed by atoms with Crippen molar-refractivity contribution >= 4 is 51.7 Å². The molecule has 1 aromatic carbocycles. The number of aryl methyl sites for hydroxylation is 1. The fourth-order valence-electron chi connectivity index (χ4n) is 3.84. The maximum Gasteiger partial charge on any atom is 0.341 e. The summed E-state index contributed by atoms with van der Waals surface area (Å²) >= 11 is 2.45. The number of ether oxygens (including phenoxy) is 1. The van der Waals surface area contributed by atoms with Crippen LogP contribution in [0.3, 0.4) is 0 Å². The number of thiophene rings is 1. The first kappa shape index (κ1) is 26.0. The number of nitriles is 1. The van der Waals surface area contributed by atoms with Crippen molar-refractivity contribution in [2.75, 3.05) is 11.9 Å². The molecule has 1 aliphatic rings. The predicted octanol–water partition coefficient (Wildman–Crippen LogP) is 5.20. The van der Waals surface area contributed by atoms with E-state index in [1.54, 1.807) is 25.4 Å². The van der Waals surface area contributed by atoms with E-state index in [4.69, 9.17) is 4.74 Å². The molecule has 0 saturated carbocycles. The molecule has 3 aromatic rings. The Kier molecular flexibility index (Phi) is 8.27. The Morgan fingerprint density at radius 1 is 1.30 bits per heavy atom. The second-order valence-corrected chi connectivity index (χ2v) is 9.99. The second-order valence-electron chi connectivity index (χ2n) is 7.87. The number of nitrogens with zero attached hydrogens (tertiary/aromatic N) is 4. The molecule has 4 rings (SSSR count). The zero-order valence-electron chi connectivity index (χ0n) is 19.7. The first-order valence-corrected chi connectivity index (χ1v) is 13.0. The van der Waals surface area contributed by atoms with Gasteiger partial charge in [0.15, 0.2) is 5.16 Å². The molecular weight excluding hydrogens is 514 g/mol. The summed E-state index contributed by atoms with van der Waals surface area (Å²) in [5.41, 5.74) is 1.03. The highest BCUT2D eigenvalue weighted by atomic mass is 32.2. The summed E-state index contributed by atoms with van der Waals surface area (Å²) in [5, 5.41) is 24.6. The maximum absolute atomic E-state index is 13.2. The third-order valence-electron chi connectivity index (χ3n) is 5.49. The van der Waals surface area contributed by atoms with Crippen molar-refractivity contribution in [2.45, 2.75) is 42.7 Å². The van der Waals surface area contributed by atoms with Crippen LogP contribution in [0.2, 0.25) is 0 Å². The Bertz CT molecular complexity index is 1430. The number of benzene rings is 1. The van der Waals surface area contributed by atoms with Gasteiger partial charge in [0.1, 0.15) is 16.6 Å². The number of amides is 1. The number of nitro benzene ring substituents is 1. The van der Waals surface area contributed by atoms with Gasteiger partial charge in [-0.3, -0.25) is 14.9 Å². The number of esters is 1. The number of nitro groups is 1. The summed E-state index contributed by atoms with van der Waals surface area (Å²) in [6.45, 7) is 1.90. The molecule has 2 aromatic heterocycles. The van der Waals surface area contributed by atoms with E-state index in [1.165, 1.54) is 35.6 Å². The lowest BCUT2D eigenvalue weighted by Crippen LogP contribution is -2.16. The van der Waals surface area contributed by atoms with E-state index < -0.39 is 16.8 Å². The molecule has 10 nitrogen and oxygen atoms in total. The molecule has 12 heteroatoms. The quantitative estimate of drug-likeness (QED) is 0.103. The molecule has 2 heterocycles. The summed E-state index contributed by atoms with van der Waals surface area (Å²) in [7, 11) is 0. The zero-order chi connectivity index (χ0) is 26.4. The van der Waals surface area contributed by atoms with Gasteiger partial charge in [-0.15, -0.1) is 11.3 Å². The van der Waals surface area contributed by atoms with E-state index >= 15 is 0 Å². The molecule has 1 amide bonds. The lowest BCUT2D eigenvalue weighted by molar-refractivity contribution is -0.384. The van der Waals surface area contributed by atoms with Gasteiger partial charge in [-0.1, -0.05) is 0 Å². The molecule has 1 N–H and O–H groups in total. The van der Waals surface area contributed by atoms with Gasteiger partial charge in [0.25, 0.3) is 11.6 Å². The maximum atomic E-state index is 13.2. The fourth-order valence-corrected chi connectivity index (χ4v) is 5.91. The van der Waals surface area contributed by atoms with Crippen LogP contribution in [-0.4, -0.2) is 33.4 Å². The van der Waals surface area contributed by atoms with Crippen LogP contribution in [0, 0.1) is 21.4 Å². The van der Waals surface area contributed by atoms with Crippen molar-refractivity contribution in [2.24, 2.45) is 0 Å². The molecule has 0 atom stereocenters. The SMILES string of the molecule is CCOC(=O)c1c(NC(=O)/C(C#N)=C\c2cc([N+](=O)[O-])ccc2Sc2ncccn2)sc2c1CCCC2. The number of non-ortho nitro benzene ring substituents is 1. The highest BCUT2D eigenvalue weighted by Crippen LogP contribution is 2.39. The third kappa shape index (κ3) is 6.02. The summed E-state index contributed by atoms with van der Waals surface area (Å²) in [6, 6.07) is 7.66. The number of carbonyl (C=O) groups excluding carboxylic acids is 2. The molecule has 37 heavy (non-hydrogen) atoms. The average Bonchev–Trinajstić information content (AvgIpc) is 3.26. The Balaban J connectivity index is 1.69. The lowest BCUT2D eigenvalue weighted by atomic mass is 9.95. The van der Waals surface area contributed by atoms with Crippen LogP contribution in [0.5, 0.6) is 0 Å². The van der Waals surface area contributed by atoms with Crippen LogP contribution < -0.4 is 5.32 Å². The van der Waals surface area contributed by atoms with E-state index in [1.807, 2.05) is 6.07 Å². The van der Waals surface area contributed by atoms with E-state index in [2.05, 4.69) is 15.3 Å². The van der Waals surface area contributed by atoms with Crippen LogP contribution >= 0.6 is 23.1 Å². The monoisotopic (exact) mass is 535 g/mol.